The number of rotatable bonds is 9. The van der Waals surface area contributed by atoms with Crippen LogP contribution in [0.2, 0.25) is 0 Å². The molecular weight excluding hydrogens is 398 g/mol. The predicted molar refractivity (Wildman–Crippen MR) is 117 cm³/mol. The normalized spacial score (nSPS) is 10.6. The van der Waals surface area contributed by atoms with Gasteiger partial charge in [0.2, 0.25) is 0 Å². The molecule has 1 N–H and O–H groups in total. The van der Waals surface area contributed by atoms with Crippen molar-refractivity contribution in [1.82, 2.24) is 5.43 Å². The first-order chi connectivity index (χ1) is 15.1. The highest BCUT2D eigenvalue weighted by atomic mass is 16.6. The summed E-state index contributed by atoms with van der Waals surface area (Å²) in [4.78, 5) is 23.2. The third-order valence-electron chi connectivity index (χ3n) is 4.23. The van der Waals surface area contributed by atoms with Crippen molar-refractivity contribution in [3.63, 3.8) is 0 Å². The van der Waals surface area contributed by atoms with E-state index in [9.17, 15) is 14.9 Å². The highest BCUT2D eigenvalue weighted by molar-refractivity contribution is 5.97. The van der Waals surface area contributed by atoms with Gasteiger partial charge < -0.3 is 9.47 Å². The molecule has 0 fully saturated rings. The highest BCUT2D eigenvalue weighted by Crippen LogP contribution is 2.27. The van der Waals surface area contributed by atoms with Gasteiger partial charge in [-0.15, -0.1) is 0 Å². The van der Waals surface area contributed by atoms with E-state index in [-0.39, 0.29) is 11.4 Å². The van der Waals surface area contributed by atoms with Crippen LogP contribution >= 0.6 is 0 Å². The number of nitrogens with one attached hydrogen (secondary N) is 1. The second kappa shape index (κ2) is 10.5. The predicted octanol–water partition coefficient (Wildman–Crippen LogP) is 4.34. The van der Waals surface area contributed by atoms with E-state index in [2.05, 4.69) is 10.5 Å². The Kier molecular flexibility index (Phi) is 7.31. The molecule has 8 heteroatoms. The molecule has 1 amide bonds. The molecule has 158 valence electrons. The van der Waals surface area contributed by atoms with Gasteiger partial charge in [0.15, 0.2) is 5.75 Å². The Balaban J connectivity index is 1.68. The summed E-state index contributed by atoms with van der Waals surface area (Å²) in [6.07, 6.45) is 1.33. The number of amides is 1. The van der Waals surface area contributed by atoms with Gasteiger partial charge in [-0.1, -0.05) is 42.5 Å². The van der Waals surface area contributed by atoms with E-state index < -0.39 is 10.8 Å². The Labute approximate surface area is 179 Å². The third-order valence-corrected chi connectivity index (χ3v) is 4.23. The molecule has 0 spiro atoms. The first kappa shape index (κ1) is 21.5. The topological polar surface area (TPSA) is 103 Å². The molecule has 0 atom stereocenters. The monoisotopic (exact) mass is 419 g/mol. The minimum atomic E-state index is -0.527. The fourth-order valence-corrected chi connectivity index (χ4v) is 2.78. The number of hydrogen-bond acceptors (Lipinski definition) is 6. The molecule has 0 aliphatic carbocycles. The van der Waals surface area contributed by atoms with Gasteiger partial charge in [-0.2, -0.15) is 5.10 Å². The number of benzene rings is 3. The summed E-state index contributed by atoms with van der Waals surface area (Å²) in [5.74, 6) is 0.147. The van der Waals surface area contributed by atoms with E-state index in [1.165, 1.54) is 18.3 Å². The lowest BCUT2D eigenvalue weighted by molar-refractivity contribution is -0.385. The maximum absolute atomic E-state index is 12.5. The van der Waals surface area contributed by atoms with E-state index in [1.807, 2.05) is 30.3 Å². The Morgan fingerprint density at radius 3 is 2.52 bits per heavy atom. The van der Waals surface area contributed by atoms with Crippen LogP contribution in [0.15, 0.2) is 77.9 Å². The minimum Gasteiger partial charge on any atom is -0.488 e. The van der Waals surface area contributed by atoms with Crippen molar-refractivity contribution >= 4 is 17.8 Å². The van der Waals surface area contributed by atoms with Crippen molar-refractivity contribution < 1.29 is 19.2 Å². The first-order valence-electron chi connectivity index (χ1n) is 9.59. The van der Waals surface area contributed by atoms with Crippen LogP contribution < -0.4 is 14.9 Å². The van der Waals surface area contributed by atoms with Gasteiger partial charge in [-0.25, -0.2) is 5.43 Å². The number of carbonyl (C=O) groups excluding carboxylic acids is 1. The van der Waals surface area contributed by atoms with Crippen LogP contribution in [0, 0.1) is 10.1 Å². The molecule has 0 aliphatic rings. The van der Waals surface area contributed by atoms with Crippen LogP contribution in [0.4, 0.5) is 5.69 Å². The molecule has 0 saturated heterocycles. The van der Waals surface area contributed by atoms with Crippen LogP contribution in [0.5, 0.6) is 11.5 Å². The van der Waals surface area contributed by atoms with Gasteiger partial charge in [-0.05, 0) is 36.8 Å². The molecule has 0 aromatic heterocycles. The zero-order valence-electron chi connectivity index (χ0n) is 16.9. The van der Waals surface area contributed by atoms with Gasteiger partial charge >= 0.3 is 5.69 Å². The number of carbonyl (C=O) groups is 1. The Morgan fingerprint density at radius 1 is 1.03 bits per heavy atom. The Hall–Kier alpha value is -4.20. The van der Waals surface area contributed by atoms with E-state index in [1.54, 1.807) is 37.3 Å². The molecule has 0 unspecified atom stereocenters. The minimum absolute atomic E-state index is 0.170. The maximum atomic E-state index is 12.5. The van der Waals surface area contributed by atoms with E-state index >= 15 is 0 Å². The fraction of sp³-hybridized carbons (Fsp3) is 0.130. The van der Waals surface area contributed by atoms with Crippen molar-refractivity contribution in [2.75, 3.05) is 6.61 Å². The molecule has 8 nitrogen and oxygen atoms in total. The molecule has 31 heavy (non-hydrogen) atoms. The number of ether oxygens (including phenoxy) is 2. The lowest BCUT2D eigenvalue weighted by Crippen LogP contribution is -2.18. The highest BCUT2D eigenvalue weighted by Gasteiger charge is 2.15. The number of nitro benzene ring substituents is 1. The summed E-state index contributed by atoms with van der Waals surface area (Å²) < 4.78 is 11.0. The second-order valence-corrected chi connectivity index (χ2v) is 6.39. The van der Waals surface area contributed by atoms with Gasteiger partial charge in [-0.3, -0.25) is 14.9 Å². The van der Waals surface area contributed by atoms with Crippen LogP contribution in [-0.2, 0) is 6.61 Å². The van der Waals surface area contributed by atoms with Crippen molar-refractivity contribution in [3.8, 4) is 11.5 Å². The fourth-order valence-electron chi connectivity index (χ4n) is 2.78. The number of para-hydroxylation sites is 1. The molecule has 0 heterocycles. The molecule has 3 aromatic carbocycles. The van der Waals surface area contributed by atoms with E-state index in [4.69, 9.17) is 9.47 Å². The number of hydrogen-bond donors (Lipinski definition) is 1. The second-order valence-electron chi connectivity index (χ2n) is 6.39. The summed E-state index contributed by atoms with van der Waals surface area (Å²) in [5, 5.41) is 15.1. The number of hydrazone groups is 1. The van der Waals surface area contributed by atoms with Crippen LogP contribution in [-0.4, -0.2) is 23.7 Å². The van der Waals surface area contributed by atoms with Gasteiger partial charge in [0, 0.05) is 11.6 Å². The molecular formula is C23H21N3O5. The van der Waals surface area contributed by atoms with Crippen LogP contribution in [0.3, 0.4) is 0 Å². The van der Waals surface area contributed by atoms with E-state index in [0.717, 1.165) is 5.56 Å². The van der Waals surface area contributed by atoms with Gasteiger partial charge in [0.05, 0.1) is 23.3 Å². The molecule has 0 radical (unpaired) electrons. The van der Waals surface area contributed by atoms with Gasteiger partial charge in [0.25, 0.3) is 5.91 Å². The average molecular weight is 419 g/mol. The largest absolute Gasteiger partial charge is 0.488 e. The number of nitrogens with zero attached hydrogens (tertiary/aromatic N) is 2. The van der Waals surface area contributed by atoms with Gasteiger partial charge in [0.1, 0.15) is 12.4 Å². The molecule has 0 bridgehead atoms. The molecule has 0 aliphatic heterocycles. The standard InChI is InChI=1S/C23H21N3O5/c1-2-30-22-13-12-18(14-20(22)26(28)29)15-24-25-23(27)19-10-6-7-11-21(19)31-16-17-8-4-3-5-9-17/h3-15H,2,16H2,1H3,(H,25,27)/b24-15+. The Bertz CT molecular complexity index is 1080. The van der Waals surface area contributed by atoms with Crippen molar-refractivity contribution in [1.29, 1.82) is 0 Å². The summed E-state index contributed by atoms with van der Waals surface area (Å²) in [6.45, 7) is 2.39. The summed E-state index contributed by atoms with van der Waals surface area (Å²) in [5.41, 5.74) is 4.01. The summed E-state index contributed by atoms with van der Waals surface area (Å²) in [7, 11) is 0. The van der Waals surface area contributed by atoms with Crippen LogP contribution in [0.1, 0.15) is 28.4 Å². The van der Waals surface area contributed by atoms with Crippen molar-refractivity contribution in [2.24, 2.45) is 5.10 Å². The van der Waals surface area contributed by atoms with Crippen molar-refractivity contribution in [3.05, 3.63) is 99.6 Å². The zero-order valence-corrected chi connectivity index (χ0v) is 16.9. The summed E-state index contributed by atoms with van der Waals surface area (Å²) >= 11 is 0. The zero-order chi connectivity index (χ0) is 22.1. The maximum Gasteiger partial charge on any atom is 0.311 e. The smallest absolute Gasteiger partial charge is 0.311 e. The molecule has 3 rings (SSSR count). The number of nitro groups is 1. The summed E-state index contributed by atoms with van der Waals surface area (Å²) in [6, 6.07) is 20.9. The Morgan fingerprint density at radius 2 is 1.77 bits per heavy atom. The van der Waals surface area contributed by atoms with E-state index in [0.29, 0.717) is 30.1 Å². The molecule has 0 saturated carbocycles. The first-order valence-corrected chi connectivity index (χ1v) is 9.59. The SMILES string of the molecule is CCOc1ccc(/C=N/NC(=O)c2ccccc2OCc2ccccc2)cc1[N+](=O)[O-]. The molecule has 3 aromatic rings. The lowest BCUT2D eigenvalue weighted by atomic mass is 10.2. The average Bonchev–Trinajstić information content (AvgIpc) is 2.79. The quantitative estimate of drug-likeness (QED) is 0.316. The van der Waals surface area contributed by atoms with Crippen LogP contribution in [0.25, 0.3) is 0 Å². The van der Waals surface area contributed by atoms with Crippen molar-refractivity contribution in [2.45, 2.75) is 13.5 Å². The lowest BCUT2D eigenvalue weighted by Gasteiger charge is -2.10. The third kappa shape index (κ3) is 5.89.